The zero-order valence-electron chi connectivity index (χ0n) is 14.5. The van der Waals surface area contributed by atoms with Gasteiger partial charge in [0.15, 0.2) is 0 Å². The monoisotopic (exact) mass is 533 g/mol. The second-order valence-electron chi connectivity index (χ2n) is 5.30. The summed E-state index contributed by atoms with van der Waals surface area (Å²) in [5, 5.41) is 0. The van der Waals surface area contributed by atoms with E-state index in [1.54, 1.807) is 0 Å². The molecule has 0 aliphatic rings. The molecule has 4 rings (SSSR count). The van der Waals surface area contributed by atoms with Gasteiger partial charge in [-0.2, -0.15) is 36.4 Å². The van der Waals surface area contributed by atoms with Crippen molar-refractivity contribution in [1.29, 1.82) is 0 Å². The molecule has 0 atom stereocenters. The molecule has 0 radical (unpaired) electrons. The molecule has 0 bridgehead atoms. The molecule has 3 heteroatoms. The second-order valence-corrected chi connectivity index (χ2v) is 5.30. The molecule has 0 aliphatic carbocycles. The van der Waals surface area contributed by atoms with Gasteiger partial charge >= 0.3 is 21.1 Å². The molecule has 2 nitrogen and oxygen atoms in total. The van der Waals surface area contributed by atoms with Crippen LogP contribution in [0, 0.1) is 12.1 Å². The van der Waals surface area contributed by atoms with Gasteiger partial charge in [-0.1, -0.05) is 36.4 Å². The molecule has 0 aromatic heterocycles. The minimum atomic E-state index is 0. The molecule has 0 N–H and O–H groups in total. The third kappa shape index (κ3) is 7.51. The van der Waals surface area contributed by atoms with Crippen LogP contribution in [0.5, 0.6) is 23.0 Å². The predicted molar refractivity (Wildman–Crippen MR) is 104 cm³/mol. The largest absolute Gasteiger partial charge is 2.00 e. The van der Waals surface area contributed by atoms with Crippen LogP contribution >= 0.6 is 0 Å². The molecular weight excluding hydrogens is 515 g/mol. The number of rotatable bonds is 4. The first-order valence-corrected chi connectivity index (χ1v) is 8.28. The van der Waals surface area contributed by atoms with Crippen molar-refractivity contribution in [2.24, 2.45) is 0 Å². The van der Waals surface area contributed by atoms with Crippen LogP contribution in [0.2, 0.25) is 0 Å². The van der Waals surface area contributed by atoms with Gasteiger partial charge in [-0.25, -0.2) is 0 Å². The van der Waals surface area contributed by atoms with Gasteiger partial charge in [0.2, 0.25) is 0 Å². The molecule has 27 heavy (non-hydrogen) atoms. The van der Waals surface area contributed by atoms with Gasteiger partial charge in [-0.05, 0) is 24.3 Å². The summed E-state index contributed by atoms with van der Waals surface area (Å²) < 4.78 is 11.1. The standard InChI is InChI=1S/2C12H9O.Pt/c2*1-3-7-11(8-4-1)13-12-9-5-2-6-10-12;/h2*1,3-10H;/q2*-1;+2. The van der Waals surface area contributed by atoms with E-state index in [-0.39, 0.29) is 21.1 Å². The first-order chi connectivity index (χ1) is 12.9. The van der Waals surface area contributed by atoms with E-state index in [9.17, 15) is 0 Å². The Morgan fingerprint density at radius 3 is 1.04 bits per heavy atom. The van der Waals surface area contributed by atoms with Crippen LogP contribution in [0.3, 0.4) is 0 Å². The van der Waals surface area contributed by atoms with E-state index >= 15 is 0 Å². The van der Waals surface area contributed by atoms with Crippen molar-refractivity contribution in [2.75, 3.05) is 0 Å². The van der Waals surface area contributed by atoms with Gasteiger partial charge in [0.05, 0.1) is 0 Å². The molecule has 0 saturated carbocycles. The van der Waals surface area contributed by atoms with Crippen molar-refractivity contribution in [3.8, 4) is 23.0 Å². The van der Waals surface area contributed by atoms with Gasteiger partial charge in [-0.3, -0.25) is 0 Å². The number of ether oxygens (including phenoxy) is 2. The van der Waals surface area contributed by atoms with Crippen LogP contribution in [0.4, 0.5) is 0 Å². The average Bonchev–Trinajstić information content (AvgIpc) is 2.72. The van der Waals surface area contributed by atoms with E-state index in [0.717, 1.165) is 23.0 Å². The Hall–Kier alpha value is -2.83. The Balaban J connectivity index is 0.000000187. The van der Waals surface area contributed by atoms with Gasteiger partial charge in [0.1, 0.15) is 11.5 Å². The number of para-hydroxylation sites is 2. The average molecular weight is 533 g/mol. The molecule has 0 heterocycles. The van der Waals surface area contributed by atoms with Crippen molar-refractivity contribution in [1.82, 2.24) is 0 Å². The summed E-state index contributed by atoms with van der Waals surface area (Å²) in [5.41, 5.74) is 0. The molecule has 0 saturated heterocycles. The van der Waals surface area contributed by atoms with Gasteiger partial charge < -0.3 is 9.47 Å². The fourth-order valence-electron chi connectivity index (χ4n) is 2.13. The summed E-state index contributed by atoms with van der Waals surface area (Å²) in [6, 6.07) is 40.2. The van der Waals surface area contributed by atoms with Crippen LogP contribution in [0.1, 0.15) is 0 Å². The summed E-state index contributed by atoms with van der Waals surface area (Å²) in [5.74, 6) is 3.39. The van der Waals surface area contributed by atoms with Gasteiger partial charge in [0, 0.05) is 11.5 Å². The summed E-state index contributed by atoms with van der Waals surface area (Å²) in [6.45, 7) is 0. The summed E-state index contributed by atoms with van der Waals surface area (Å²) >= 11 is 0. The fourth-order valence-corrected chi connectivity index (χ4v) is 2.13. The van der Waals surface area contributed by atoms with Crippen LogP contribution < -0.4 is 9.47 Å². The molecule has 0 aliphatic heterocycles. The van der Waals surface area contributed by atoms with E-state index in [2.05, 4.69) is 12.1 Å². The Bertz CT molecular complexity index is 715. The summed E-state index contributed by atoms with van der Waals surface area (Å²) in [6.07, 6.45) is 0. The molecule has 0 fully saturated rings. The Morgan fingerprint density at radius 2 is 0.704 bits per heavy atom. The molecular formula is C24H18O2Pt. The van der Waals surface area contributed by atoms with Crippen molar-refractivity contribution in [3.63, 3.8) is 0 Å². The Labute approximate surface area is 174 Å². The predicted octanol–water partition coefficient (Wildman–Crippen LogP) is 6.56. The van der Waals surface area contributed by atoms with E-state index < -0.39 is 0 Å². The van der Waals surface area contributed by atoms with Crippen LogP contribution in [-0.4, -0.2) is 0 Å². The van der Waals surface area contributed by atoms with Crippen molar-refractivity contribution in [2.45, 2.75) is 0 Å². The smallest absolute Gasteiger partial charge is 0.483 e. The topological polar surface area (TPSA) is 18.5 Å². The van der Waals surface area contributed by atoms with E-state index in [0.29, 0.717) is 0 Å². The first kappa shape index (κ1) is 20.5. The van der Waals surface area contributed by atoms with Crippen molar-refractivity contribution >= 4 is 0 Å². The van der Waals surface area contributed by atoms with Crippen LogP contribution in [0.15, 0.2) is 109 Å². The van der Waals surface area contributed by atoms with Gasteiger partial charge in [-0.15, -0.1) is 24.3 Å². The number of hydrogen-bond donors (Lipinski definition) is 0. The van der Waals surface area contributed by atoms with Crippen molar-refractivity contribution < 1.29 is 30.5 Å². The third-order valence-electron chi connectivity index (χ3n) is 3.33. The fraction of sp³-hybridized carbons (Fsp3) is 0. The zero-order chi connectivity index (χ0) is 17.9. The second kappa shape index (κ2) is 11.7. The zero-order valence-corrected chi connectivity index (χ0v) is 16.8. The number of hydrogen-bond acceptors (Lipinski definition) is 2. The third-order valence-corrected chi connectivity index (χ3v) is 3.33. The normalized spacial score (nSPS) is 9.19. The Morgan fingerprint density at radius 1 is 0.407 bits per heavy atom. The van der Waals surface area contributed by atoms with Gasteiger partial charge in [0.25, 0.3) is 0 Å². The maximum Gasteiger partial charge on any atom is 2.00 e. The molecule has 4 aromatic rings. The summed E-state index contributed by atoms with van der Waals surface area (Å²) in [4.78, 5) is 0. The molecule has 136 valence electrons. The van der Waals surface area contributed by atoms with Crippen LogP contribution in [-0.2, 0) is 21.1 Å². The molecule has 4 aromatic carbocycles. The quantitative estimate of drug-likeness (QED) is 0.277. The number of benzene rings is 4. The maximum absolute atomic E-state index is 5.56. The van der Waals surface area contributed by atoms with E-state index in [1.807, 2.05) is 109 Å². The van der Waals surface area contributed by atoms with E-state index in [4.69, 9.17) is 9.47 Å². The molecule has 0 unspecified atom stereocenters. The minimum Gasteiger partial charge on any atom is -0.483 e. The SMILES string of the molecule is [Pt+2].[c-]1ccc(Oc2ccccc2)cc1.[c-]1ccc(Oc2ccccc2)cc1. The van der Waals surface area contributed by atoms with Crippen LogP contribution in [0.25, 0.3) is 0 Å². The summed E-state index contributed by atoms with van der Waals surface area (Å²) in [7, 11) is 0. The molecule has 0 spiro atoms. The van der Waals surface area contributed by atoms with Crippen molar-refractivity contribution in [3.05, 3.63) is 121 Å². The molecule has 0 amide bonds. The first-order valence-electron chi connectivity index (χ1n) is 8.28. The maximum atomic E-state index is 5.56. The van der Waals surface area contributed by atoms with E-state index in [1.165, 1.54) is 0 Å². The Kier molecular flexibility index (Phi) is 8.89. The minimum absolute atomic E-state index is 0.